The molecule has 26 heavy (non-hydrogen) atoms. The van der Waals surface area contributed by atoms with E-state index in [1.54, 1.807) is 6.07 Å². The quantitative estimate of drug-likeness (QED) is 0.554. The number of nitrogens with one attached hydrogen (secondary N) is 3. The van der Waals surface area contributed by atoms with Crippen molar-refractivity contribution in [2.75, 3.05) is 23.8 Å². The molecule has 0 bridgehead atoms. The molecule has 0 aliphatic carbocycles. The molecule has 0 amide bonds. The lowest BCUT2D eigenvalue weighted by Gasteiger charge is -2.12. The van der Waals surface area contributed by atoms with E-state index in [-0.39, 0.29) is 36.0 Å². The molecule has 3 aromatic rings. The predicted molar refractivity (Wildman–Crippen MR) is 90.5 cm³/mol. The summed E-state index contributed by atoms with van der Waals surface area (Å²) in [5, 5.41) is 14.5. The first-order valence-corrected chi connectivity index (χ1v) is 7.57. The van der Waals surface area contributed by atoms with Crippen molar-refractivity contribution in [1.82, 2.24) is 15.0 Å². The van der Waals surface area contributed by atoms with Crippen molar-refractivity contribution in [3.05, 3.63) is 52.4 Å². The summed E-state index contributed by atoms with van der Waals surface area (Å²) in [6.07, 6.45) is -3.09. The largest absolute Gasteiger partial charge is 0.416 e. The zero-order chi connectivity index (χ0) is 18.7. The Kier molecular flexibility index (Phi) is 4.76. The highest BCUT2D eigenvalue weighted by molar-refractivity contribution is 5.90. The van der Waals surface area contributed by atoms with Crippen LogP contribution in [0.25, 0.3) is 10.9 Å². The number of nitrogens with zero attached hydrogens (tertiary/aromatic N) is 2. The van der Waals surface area contributed by atoms with Gasteiger partial charge in [0.1, 0.15) is 11.2 Å². The number of aliphatic hydroxyl groups excluding tert-OH is 1. The fraction of sp³-hybridized carbons (Fsp3) is 0.188. The van der Waals surface area contributed by atoms with Crippen LogP contribution in [0.1, 0.15) is 5.56 Å². The Balaban J connectivity index is 2.07. The third-order valence-electron chi connectivity index (χ3n) is 3.47. The van der Waals surface area contributed by atoms with Crippen LogP contribution in [0, 0.1) is 0 Å². The lowest BCUT2D eigenvalue weighted by molar-refractivity contribution is -0.137. The van der Waals surface area contributed by atoms with E-state index in [9.17, 15) is 18.0 Å². The van der Waals surface area contributed by atoms with Gasteiger partial charge in [-0.05, 0) is 24.3 Å². The molecule has 0 unspecified atom stereocenters. The number of fused-ring (bicyclic) bond motifs is 1. The number of aliphatic hydroxyl groups is 1. The SMILES string of the molecule is O=c1[nH]ccc2nc(NCCO)nc(Nc3cccc(C(F)(F)F)c3)c12. The number of rotatable bonds is 5. The van der Waals surface area contributed by atoms with E-state index in [0.717, 1.165) is 12.1 Å². The molecule has 4 N–H and O–H groups in total. The maximum atomic E-state index is 12.9. The van der Waals surface area contributed by atoms with Gasteiger partial charge in [-0.15, -0.1) is 0 Å². The molecule has 0 radical (unpaired) electrons. The Labute approximate surface area is 144 Å². The summed E-state index contributed by atoms with van der Waals surface area (Å²) in [5.74, 6) is 0.184. The van der Waals surface area contributed by atoms with E-state index in [2.05, 4.69) is 25.6 Å². The van der Waals surface area contributed by atoms with E-state index >= 15 is 0 Å². The molecule has 2 heterocycles. The van der Waals surface area contributed by atoms with Gasteiger partial charge in [0.25, 0.3) is 5.56 Å². The molecule has 3 rings (SSSR count). The number of aromatic amines is 1. The standard InChI is InChI=1S/C16H14F3N5O2/c17-16(18,19)9-2-1-3-10(8-9)22-13-12-11(4-5-20-14(12)26)23-15(24-13)21-6-7-25/h1-5,8,25H,6-7H2,(H,20,26)(H2,21,22,23,24). The molecular weight excluding hydrogens is 351 g/mol. The number of aromatic nitrogens is 3. The van der Waals surface area contributed by atoms with Crippen molar-refractivity contribution < 1.29 is 18.3 Å². The van der Waals surface area contributed by atoms with Gasteiger partial charge in [-0.25, -0.2) is 4.98 Å². The number of benzene rings is 1. The molecule has 0 saturated heterocycles. The topological polar surface area (TPSA) is 103 Å². The molecule has 2 aromatic heterocycles. The zero-order valence-electron chi connectivity index (χ0n) is 13.3. The van der Waals surface area contributed by atoms with Gasteiger partial charge in [0.05, 0.1) is 17.7 Å². The molecule has 7 nitrogen and oxygen atoms in total. The highest BCUT2D eigenvalue weighted by Gasteiger charge is 2.30. The number of hydrogen-bond donors (Lipinski definition) is 4. The lowest BCUT2D eigenvalue weighted by Crippen LogP contribution is -2.14. The smallest absolute Gasteiger partial charge is 0.395 e. The fourth-order valence-electron chi connectivity index (χ4n) is 2.34. The van der Waals surface area contributed by atoms with E-state index < -0.39 is 17.3 Å². The maximum absolute atomic E-state index is 12.9. The Morgan fingerprint density at radius 1 is 1.19 bits per heavy atom. The van der Waals surface area contributed by atoms with Crippen LogP contribution in [0.15, 0.2) is 41.3 Å². The number of halogens is 3. The Hall–Kier alpha value is -3.14. The van der Waals surface area contributed by atoms with Gasteiger partial charge in [-0.2, -0.15) is 18.2 Å². The molecule has 10 heteroatoms. The van der Waals surface area contributed by atoms with E-state index in [1.807, 2.05) is 0 Å². The minimum Gasteiger partial charge on any atom is -0.395 e. The van der Waals surface area contributed by atoms with Crippen molar-refractivity contribution in [3.8, 4) is 0 Å². The monoisotopic (exact) mass is 365 g/mol. The van der Waals surface area contributed by atoms with Crippen LogP contribution in [0.3, 0.4) is 0 Å². The Morgan fingerprint density at radius 3 is 2.73 bits per heavy atom. The molecule has 136 valence electrons. The summed E-state index contributed by atoms with van der Waals surface area (Å²) < 4.78 is 38.7. The van der Waals surface area contributed by atoms with Crippen LogP contribution >= 0.6 is 0 Å². The number of hydrogen-bond acceptors (Lipinski definition) is 6. The van der Waals surface area contributed by atoms with Gasteiger partial charge >= 0.3 is 6.18 Å². The molecule has 0 fully saturated rings. The van der Waals surface area contributed by atoms with Gasteiger partial charge in [-0.3, -0.25) is 4.79 Å². The van der Waals surface area contributed by atoms with Crippen molar-refractivity contribution in [2.24, 2.45) is 0 Å². The van der Waals surface area contributed by atoms with Crippen LogP contribution in [0.4, 0.5) is 30.6 Å². The van der Waals surface area contributed by atoms with Crippen molar-refractivity contribution in [2.45, 2.75) is 6.18 Å². The predicted octanol–water partition coefficient (Wildman–Crippen LogP) is 2.48. The van der Waals surface area contributed by atoms with Crippen LogP contribution in [0.2, 0.25) is 0 Å². The molecule has 1 aromatic carbocycles. The molecule has 0 atom stereocenters. The van der Waals surface area contributed by atoms with Crippen LogP contribution in [-0.4, -0.2) is 33.2 Å². The highest BCUT2D eigenvalue weighted by atomic mass is 19.4. The minimum absolute atomic E-state index is 0.0524. The van der Waals surface area contributed by atoms with Crippen molar-refractivity contribution in [3.63, 3.8) is 0 Å². The normalized spacial score (nSPS) is 11.5. The number of alkyl halides is 3. The minimum atomic E-state index is -4.49. The molecule has 0 spiro atoms. The fourth-order valence-corrected chi connectivity index (χ4v) is 2.34. The van der Waals surface area contributed by atoms with Crippen LogP contribution in [-0.2, 0) is 6.18 Å². The zero-order valence-corrected chi connectivity index (χ0v) is 13.3. The van der Waals surface area contributed by atoms with Gasteiger partial charge in [-0.1, -0.05) is 6.07 Å². The summed E-state index contributed by atoms with van der Waals surface area (Å²) >= 11 is 0. The Morgan fingerprint density at radius 2 is 2.00 bits per heavy atom. The second kappa shape index (κ2) is 7.00. The number of anilines is 3. The Bertz CT molecular complexity index is 988. The van der Waals surface area contributed by atoms with Crippen molar-refractivity contribution >= 4 is 28.4 Å². The molecular formula is C16H14F3N5O2. The van der Waals surface area contributed by atoms with Crippen LogP contribution in [0.5, 0.6) is 0 Å². The first-order valence-electron chi connectivity index (χ1n) is 7.57. The highest BCUT2D eigenvalue weighted by Crippen LogP contribution is 2.31. The third kappa shape index (κ3) is 3.75. The third-order valence-corrected chi connectivity index (χ3v) is 3.47. The summed E-state index contributed by atoms with van der Waals surface area (Å²) in [4.78, 5) is 22.9. The summed E-state index contributed by atoms with van der Waals surface area (Å²) in [6.45, 7) is 0.0187. The first-order chi connectivity index (χ1) is 12.4. The maximum Gasteiger partial charge on any atom is 0.416 e. The first kappa shape index (κ1) is 17.7. The summed E-state index contributed by atoms with van der Waals surface area (Å²) in [6, 6.07) is 6.10. The second-order valence-electron chi connectivity index (χ2n) is 5.32. The summed E-state index contributed by atoms with van der Waals surface area (Å²) in [7, 11) is 0. The van der Waals surface area contributed by atoms with E-state index in [1.165, 1.54) is 18.3 Å². The van der Waals surface area contributed by atoms with Gasteiger partial charge in [0.15, 0.2) is 0 Å². The lowest BCUT2D eigenvalue weighted by atomic mass is 10.2. The molecule has 0 saturated carbocycles. The second-order valence-corrected chi connectivity index (χ2v) is 5.32. The van der Waals surface area contributed by atoms with E-state index in [0.29, 0.717) is 5.52 Å². The average molecular weight is 365 g/mol. The number of pyridine rings is 1. The van der Waals surface area contributed by atoms with Crippen LogP contribution < -0.4 is 16.2 Å². The molecule has 0 aliphatic heterocycles. The van der Waals surface area contributed by atoms with Gasteiger partial charge in [0, 0.05) is 18.4 Å². The summed E-state index contributed by atoms with van der Waals surface area (Å²) in [5.41, 5.74) is -0.881. The van der Waals surface area contributed by atoms with Gasteiger partial charge < -0.3 is 20.7 Å². The average Bonchev–Trinajstić information content (AvgIpc) is 2.59. The number of H-pyrrole nitrogens is 1. The van der Waals surface area contributed by atoms with E-state index in [4.69, 9.17) is 5.11 Å². The van der Waals surface area contributed by atoms with Crippen molar-refractivity contribution in [1.29, 1.82) is 0 Å². The molecule has 0 aliphatic rings. The van der Waals surface area contributed by atoms with Gasteiger partial charge in [0.2, 0.25) is 5.95 Å².